The van der Waals surface area contributed by atoms with Crippen LogP contribution in [-0.2, 0) is 12.5 Å². The molecule has 0 aliphatic rings. The van der Waals surface area contributed by atoms with Gasteiger partial charge in [-0.1, -0.05) is 26.8 Å². The number of carboxylic acids is 1. The lowest BCUT2D eigenvalue weighted by molar-refractivity contribution is 0.0696. The van der Waals surface area contributed by atoms with Crippen LogP contribution in [0.5, 0.6) is 0 Å². The summed E-state index contributed by atoms with van der Waals surface area (Å²) >= 11 is 0. The van der Waals surface area contributed by atoms with Crippen molar-refractivity contribution in [3.05, 3.63) is 40.7 Å². The Morgan fingerprint density at radius 2 is 1.76 bits per heavy atom. The maximum absolute atomic E-state index is 11.4. The van der Waals surface area contributed by atoms with Gasteiger partial charge in [-0.05, 0) is 36.6 Å². The monoisotopic (exact) mass is 286 g/mol. The second kappa shape index (κ2) is 5.02. The van der Waals surface area contributed by atoms with E-state index in [9.17, 15) is 9.90 Å². The van der Waals surface area contributed by atoms with Crippen molar-refractivity contribution in [2.75, 3.05) is 0 Å². The molecule has 0 amide bonds. The van der Waals surface area contributed by atoms with Crippen LogP contribution in [0.3, 0.4) is 0 Å². The molecule has 0 atom stereocenters. The van der Waals surface area contributed by atoms with Gasteiger partial charge in [-0.25, -0.2) is 4.79 Å². The summed E-state index contributed by atoms with van der Waals surface area (Å²) in [7, 11) is 1.89. The molecule has 0 unspecified atom stereocenters. The normalized spacial score (nSPS) is 11.7. The minimum absolute atomic E-state index is 0.0999. The van der Waals surface area contributed by atoms with Crippen LogP contribution in [0.15, 0.2) is 18.3 Å². The van der Waals surface area contributed by atoms with Crippen molar-refractivity contribution in [2.24, 2.45) is 7.05 Å². The maximum atomic E-state index is 11.4. The molecule has 0 radical (unpaired) electrons. The van der Waals surface area contributed by atoms with Crippen LogP contribution in [0.4, 0.5) is 0 Å². The van der Waals surface area contributed by atoms with E-state index >= 15 is 0 Å². The van der Waals surface area contributed by atoms with Gasteiger partial charge in [0.1, 0.15) is 0 Å². The Labute approximate surface area is 125 Å². The van der Waals surface area contributed by atoms with E-state index in [1.165, 1.54) is 0 Å². The number of hydrogen-bond acceptors (Lipinski definition) is 2. The molecule has 2 rings (SSSR count). The highest BCUT2D eigenvalue weighted by Crippen LogP contribution is 2.34. The summed E-state index contributed by atoms with van der Waals surface area (Å²) in [5.41, 5.74) is 5.02. The molecular weight excluding hydrogens is 264 g/mol. The average Bonchev–Trinajstić information content (AvgIpc) is 2.70. The molecule has 0 aliphatic heterocycles. The molecule has 0 saturated carbocycles. The topological polar surface area (TPSA) is 55.1 Å². The number of nitrogens with zero attached hydrogens (tertiary/aromatic N) is 2. The molecule has 1 aromatic heterocycles. The van der Waals surface area contributed by atoms with Crippen LogP contribution >= 0.6 is 0 Å². The summed E-state index contributed by atoms with van der Waals surface area (Å²) in [6.07, 6.45) is 1.96. The Morgan fingerprint density at radius 3 is 2.29 bits per heavy atom. The molecule has 21 heavy (non-hydrogen) atoms. The highest BCUT2D eigenvalue weighted by Gasteiger charge is 2.24. The van der Waals surface area contributed by atoms with Crippen molar-refractivity contribution >= 4 is 5.97 Å². The lowest BCUT2D eigenvalue weighted by atomic mass is 9.85. The van der Waals surface area contributed by atoms with E-state index in [1.807, 2.05) is 33.2 Å². The van der Waals surface area contributed by atoms with Crippen molar-refractivity contribution in [3.63, 3.8) is 0 Å². The first kappa shape index (κ1) is 15.3. The van der Waals surface area contributed by atoms with Crippen LogP contribution in [0.25, 0.3) is 11.1 Å². The molecule has 112 valence electrons. The van der Waals surface area contributed by atoms with E-state index in [4.69, 9.17) is 0 Å². The fourth-order valence-corrected chi connectivity index (χ4v) is 2.61. The van der Waals surface area contributed by atoms with Gasteiger partial charge in [-0.2, -0.15) is 5.10 Å². The van der Waals surface area contributed by atoms with E-state index in [0.29, 0.717) is 5.56 Å². The third-order valence-corrected chi connectivity index (χ3v) is 3.63. The molecule has 4 nitrogen and oxygen atoms in total. The van der Waals surface area contributed by atoms with E-state index in [2.05, 4.69) is 25.9 Å². The number of aromatic carboxylic acids is 1. The standard InChI is InChI=1S/C17H22N2O2/c1-10-7-11(2)13(16(20)21)8-12(10)14-9-19(6)18-15(14)17(3,4)5/h7-9H,1-6H3,(H,20,21). The van der Waals surface area contributed by atoms with Crippen molar-refractivity contribution < 1.29 is 9.90 Å². The summed E-state index contributed by atoms with van der Waals surface area (Å²) in [4.78, 5) is 11.4. The van der Waals surface area contributed by atoms with Gasteiger partial charge >= 0.3 is 5.97 Å². The van der Waals surface area contributed by atoms with E-state index in [-0.39, 0.29) is 5.41 Å². The zero-order valence-corrected chi connectivity index (χ0v) is 13.5. The smallest absolute Gasteiger partial charge is 0.335 e. The summed E-state index contributed by atoms with van der Waals surface area (Å²) in [6.45, 7) is 10.2. The Hall–Kier alpha value is -2.10. The average molecular weight is 286 g/mol. The van der Waals surface area contributed by atoms with Crippen LogP contribution in [-0.4, -0.2) is 20.9 Å². The first-order chi connectivity index (χ1) is 9.61. The minimum atomic E-state index is -0.894. The van der Waals surface area contributed by atoms with Crippen LogP contribution in [0.2, 0.25) is 0 Å². The van der Waals surface area contributed by atoms with Gasteiger partial charge in [0.25, 0.3) is 0 Å². The number of aromatic nitrogens is 2. The van der Waals surface area contributed by atoms with Crippen molar-refractivity contribution in [3.8, 4) is 11.1 Å². The number of hydrogen-bond donors (Lipinski definition) is 1. The quantitative estimate of drug-likeness (QED) is 0.915. The molecule has 4 heteroatoms. The number of aryl methyl sites for hydroxylation is 3. The van der Waals surface area contributed by atoms with Gasteiger partial charge in [0.15, 0.2) is 0 Å². The first-order valence-electron chi connectivity index (χ1n) is 7.00. The zero-order valence-electron chi connectivity index (χ0n) is 13.5. The van der Waals surface area contributed by atoms with Gasteiger partial charge in [0.2, 0.25) is 0 Å². The SMILES string of the molecule is Cc1cc(C)c(-c2cn(C)nc2C(C)(C)C)cc1C(=O)O. The molecule has 0 spiro atoms. The zero-order chi connectivity index (χ0) is 15.9. The first-order valence-corrected chi connectivity index (χ1v) is 7.00. The highest BCUT2D eigenvalue weighted by atomic mass is 16.4. The lowest BCUT2D eigenvalue weighted by Gasteiger charge is -2.19. The van der Waals surface area contributed by atoms with Crippen LogP contribution in [0, 0.1) is 13.8 Å². The molecule has 0 saturated heterocycles. The molecule has 0 bridgehead atoms. The largest absolute Gasteiger partial charge is 0.478 e. The molecule has 0 aliphatic carbocycles. The number of rotatable bonds is 2. The van der Waals surface area contributed by atoms with Crippen molar-refractivity contribution in [1.29, 1.82) is 0 Å². The molecule has 2 aromatic rings. The fraction of sp³-hybridized carbons (Fsp3) is 0.412. The molecular formula is C17H22N2O2. The Morgan fingerprint density at radius 1 is 1.14 bits per heavy atom. The third-order valence-electron chi connectivity index (χ3n) is 3.63. The molecule has 1 aromatic carbocycles. The van der Waals surface area contributed by atoms with Crippen LogP contribution in [0.1, 0.15) is 48.0 Å². The molecule has 1 N–H and O–H groups in total. The van der Waals surface area contributed by atoms with Crippen molar-refractivity contribution in [2.45, 2.75) is 40.0 Å². The van der Waals surface area contributed by atoms with Gasteiger partial charge in [-0.3, -0.25) is 4.68 Å². The van der Waals surface area contributed by atoms with Crippen molar-refractivity contribution in [1.82, 2.24) is 9.78 Å². The summed E-state index contributed by atoms with van der Waals surface area (Å²) in [5.74, 6) is -0.894. The highest BCUT2D eigenvalue weighted by molar-refractivity contribution is 5.92. The lowest BCUT2D eigenvalue weighted by Crippen LogP contribution is -2.14. The van der Waals surface area contributed by atoms with Gasteiger partial charge in [0, 0.05) is 24.2 Å². The minimum Gasteiger partial charge on any atom is -0.478 e. The third kappa shape index (κ3) is 2.84. The summed E-state index contributed by atoms with van der Waals surface area (Å²) in [6, 6.07) is 3.69. The van der Waals surface area contributed by atoms with E-state index in [1.54, 1.807) is 10.7 Å². The predicted molar refractivity (Wildman–Crippen MR) is 83.8 cm³/mol. The van der Waals surface area contributed by atoms with E-state index in [0.717, 1.165) is 27.9 Å². The summed E-state index contributed by atoms with van der Waals surface area (Å²) in [5, 5.41) is 13.9. The predicted octanol–water partition coefficient (Wildman–Crippen LogP) is 3.70. The number of benzene rings is 1. The Bertz CT molecular complexity index is 706. The maximum Gasteiger partial charge on any atom is 0.335 e. The van der Waals surface area contributed by atoms with Gasteiger partial charge in [0.05, 0.1) is 11.3 Å². The van der Waals surface area contributed by atoms with E-state index < -0.39 is 5.97 Å². The summed E-state index contributed by atoms with van der Waals surface area (Å²) < 4.78 is 1.79. The fourth-order valence-electron chi connectivity index (χ4n) is 2.61. The second-order valence-electron chi connectivity index (χ2n) is 6.60. The van der Waals surface area contributed by atoms with Gasteiger partial charge < -0.3 is 5.11 Å². The molecule has 0 fully saturated rings. The Balaban J connectivity index is 2.73. The Kier molecular flexibility index (Phi) is 3.66. The number of carbonyl (C=O) groups is 1. The second-order valence-corrected chi connectivity index (χ2v) is 6.60. The number of carboxylic acid groups (broad SMARTS) is 1. The van der Waals surface area contributed by atoms with Crippen LogP contribution < -0.4 is 0 Å². The molecule has 1 heterocycles. The van der Waals surface area contributed by atoms with Gasteiger partial charge in [-0.15, -0.1) is 0 Å².